The van der Waals surface area contributed by atoms with Gasteiger partial charge in [-0.05, 0) is 24.3 Å². The van der Waals surface area contributed by atoms with Crippen LogP contribution in [-0.4, -0.2) is 21.3 Å². The van der Waals surface area contributed by atoms with Crippen molar-refractivity contribution in [1.29, 1.82) is 0 Å². The lowest BCUT2D eigenvalue weighted by molar-refractivity contribution is 0.435. The molecule has 2 atom stereocenters. The predicted octanol–water partition coefficient (Wildman–Crippen LogP) is 2.48. The van der Waals surface area contributed by atoms with Gasteiger partial charge in [0.2, 0.25) is 0 Å². The third kappa shape index (κ3) is 1.95. The summed E-state index contributed by atoms with van der Waals surface area (Å²) >= 11 is 0. The first kappa shape index (κ1) is 12.1. The topological polar surface area (TPSA) is 42.7 Å². The van der Waals surface area contributed by atoms with Crippen molar-refractivity contribution in [3.05, 3.63) is 47.5 Å². The van der Waals surface area contributed by atoms with Crippen LogP contribution in [0.1, 0.15) is 48.9 Å². The molecule has 2 unspecified atom stereocenters. The Labute approximate surface area is 119 Å². The highest BCUT2D eigenvalue weighted by atomic mass is 15.3. The second-order valence-electron chi connectivity index (χ2n) is 5.99. The second kappa shape index (κ2) is 4.70. The molecule has 0 saturated heterocycles. The third-order valence-electron chi connectivity index (χ3n) is 4.62. The van der Waals surface area contributed by atoms with Crippen LogP contribution >= 0.6 is 0 Å². The summed E-state index contributed by atoms with van der Waals surface area (Å²) in [6.45, 7) is 4.27. The maximum absolute atomic E-state index is 4.51. The molecule has 4 rings (SSSR count). The molecule has 2 aromatic rings. The van der Waals surface area contributed by atoms with E-state index in [0.29, 0.717) is 5.92 Å². The van der Waals surface area contributed by atoms with Crippen LogP contribution in [0.15, 0.2) is 30.3 Å². The minimum absolute atomic E-state index is 0.178. The van der Waals surface area contributed by atoms with E-state index in [1.165, 1.54) is 24.2 Å². The van der Waals surface area contributed by atoms with E-state index < -0.39 is 0 Å². The van der Waals surface area contributed by atoms with Crippen molar-refractivity contribution in [3.63, 3.8) is 0 Å². The number of benzene rings is 1. The number of hydrogen-bond donors (Lipinski definition) is 1. The van der Waals surface area contributed by atoms with Crippen molar-refractivity contribution in [3.8, 4) is 0 Å². The summed E-state index contributed by atoms with van der Waals surface area (Å²) in [4.78, 5) is 0. The number of fused-ring (bicyclic) bond motifs is 1. The first-order chi connectivity index (χ1) is 9.84. The molecule has 0 bridgehead atoms. The standard InChI is InChI=1S/C16H20N4/c1-11(12-7-8-12)15-18-19-16-14(17-9-10-20(15)16)13-5-3-2-4-6-13/h2-6,11-12,14,17H,7-10H2,1H3. The lowest BCUT2D eigenvalue weighted by atomic mass is 10.0. The molecule has 1 aliphatic heterocycles. The van der Waals surface area contributed by atoms with E-state index >= 15 is 0 Å². The van der Waals surface area contributed by atoms with Gasteiger partial charge in [-0.25, -0.2) is 0 Å². The Morgan fingerprint density at radius 2 is 2.00 bits per heavy atom. The minimum atomic E-state index is 0.178. The second-order valence-corrected chi connectivity index (χ2v) is 5.99. The third-order valence-corrected chi connectivity index (χ3v) is 4.62. The average molecular weight is 268 g/mol. The fourth-order valence-electron chi connectivity index (χ4n) is 3.24. The van der Waals surface area contributed by atoms with Crippen molar-refractivity contribution in [2.75, 3.05) is 6.54 Å². The van der Waals surface area contributed by atoms with Crippen molar-refractivity contribution >= 4 is 0 Å². The van der Waals surface area contributed by atoms with Gasteiger partial charge in [0.05, 0.1) is 6.04 Å². The molecule has 1 saturated carbocycles. The van der Waals surface area contributed by atoms with E-state index in [2.05, 4.69) is 57.3 Å². The Morgan fingerprint density at radius 1 is 1.20 bits per heavy atom. The zero-order valence-corrected chi connectivity index (χ0v) is 11.8. The highest BCUT2D eigenvalue weighted by molar-refractivity contribution is 5.26. The molecule has 104 valence electrons. The van der Waals surface area contributed by atoms with Gasteiger partial charge in [-0.1, -0.05) is 37.3 Å². The van der Waals surface area contributed by atoms with Crippen LogP contribution in [-0.2, 0) is 6.54 Å². The number of nitrogens with zero attached hydrogens (tertiary/aromatic N) is 3. The molecule has 2 heterocycles. The first-order valence-corrected chi connectivity index (χ1v) is 7.56. The average Bonchev–Trinajstić information content (AvgIpc) is 3.26. The van der Waals surface area contributed by atoms with Gasteiger partial charge in [0.25, 0.3) is 0 Å². The quantitative estimate of drug-likeness (QED) is 0.930. The summed E-state index contributed by atoms with van der Waals surface area (Å²) in [5, 5.41) is 12.6. The van der Waals surface area contributed by atoms with Gasteiger partial charge in [-0.2, -0.15) is 0 Å². The van der Waals surface area contributed by atoms with Crippen LogP contribution < -0.4 is 5.32 Å². The Kier molecular flexibility index (Phi) is 2.84. The lowest BCUT2D eigenvalue weighted by Gasteiger charge is -2.26. The Morgan fingerprint density at radius 3 is 2.75 bits per heavy atom. The Balaban J connectivity index is 1.71. The SMILES string of the molecule is CC(c1nnc2n1CCNC2c1ccccc1)C1CC1. The summed E-state index contributed by atoms with van der Waals surface area (Å²) < 4.78 is 2.34. The molecule has 1 fully saturated rings. The highest BCUT2D eigenvalue weighted by Gasteiger charge is 2.34. The van der Waals surface area contributed by atoms with Gasteiger partial charge in [0.1, 0.15) is 5.82 Å². The lowest BCUT2D eigenvalue weighted by Crippen LogP contribution is -2.35. The Bertz CT molecular complexity index is 600. The molecule has 0 spiro atoms. The van der Waals surface area contributed by atoms with Crippen LogP contribution in [0, 0.1) is 5.92 Å². The van der Waals surface area contributed by atoms with E-state index in [4.69, 9.17) is 0 Å². The van der Waals surface area contributed by atoms with Crippen molar-refractivity contribution in [1.82, 2.24) is 20.1 Å². The van der Waals surface area contributed by atoms with E-state index in [0.717, 1.165) is 24.8 Å². The molecule has 2 aliphatic rings. The van der Waals surface area contributed by atoms with Gasteiger partial charge < -0.3 is 9.88 Å². The largest absolute Gasteiger partial charge is 0.312 e. The van der Waals surface area contributed by atoms with E-state index in [1.807, 2.05) is 0 Å². The van der Waals surface area contributed by atoms with Gasteiger partial charge in [-0.3, -0.25) is 0 Å². The molecule has 1 aliphatic carbocycles. The van der Waals surface area contributed by atoms with Gasteiger partial charge in [0.15, 0.2) is 5.82 Å². The number of hydrogen-bond acceptors (Lipinski definition) is 3. The van der Waals surface area contributed by atoms with Crippen molar-refractivity contribution < 1.29 is 0 Å². The molecule has 20 heavy (non-hydrogen) atoms. The van der Waals surface area contributed by atoms with Crippen LogP contribution in [0.25, 0.3) is 0 Å². The molecule has 0 radical (unpaired) electrons. The van der Waals surface area contributed by atoms with Crippen molar-refractivity contribution in [2.24, 2.45) is 5.92 Å². The molecule has 0 amide bonds. The Hall–Kier alpha value is -1.68. The van der Waals surface area contributed by atoms with E-state index in [9.17, 15) is 0 Å². The molecular formula is C16H20N4. The summed E-state index contributed by atoms with van der Waals surface area (Å²) in [7, 11) is 0. The van der Waals surface area contributed by atoms with Crippen LogP contribution in [0.5, 0.6) is 0 Å². The fraction of sp³-hybridized carbons (Fsp3) is 0.500. The van der Waals surface area contributed by atoms with Crippen molar-refractivity contribution in [2.45, 2.75) is 38.3 Å². The van der Waals surface area contributed by atoms with E-state index in [-0.39, 0.29) is 6.04 Å². The first-order valence-electron chi connectivity index (χ1n) is 7.56. The van der Waals surface area contributed by atoms with E-state index in [1.54, 1.807) is 0 Å². The summed E-state index contributed by atoms with van der Waals surface area (Å²) in [6.07, 6.45) is 2.70. The molecule has 1 aromatic heterocycles. The normalized spacial score (nSPS) is 23.4. The number of rotatable bonds is 3. The summed E-state index contributed by atoms with van der Waals surface area (Å²) in [5.41, 5.74) is 1.27. The van der Waals surface area contributed by atoms with Crippen LogP contribution in [0.2, 0.25) is 0 Å². The zero-order valence-electron chi connectivity index (χ0n) is 11.8. The highest BCUT2D eigenvalue weighted by Crippen LogP contribution is 2.42. The molecule has 1 aromatic carbocycles. The minimum Gasteiger partial charge on any atom is -0.312 e. The summed E-state index contributed by atoms with van der Waals surface area (Å²) in [6, 6.07) is 10.7. The number of aromatic nitrogens is 3. The molecule has 1 N–H and O–H groups in total. The number of nitrogens with one attached hydrogen (secondary N) is 1. The molecular weight excluding hydrogens is 248 g/mol. The maximum atomic E-state index is 4.51. The smallest absolute Gasteiger partial charge is 0.154 e. The van der Waals surface area contributed by atoms with Crippen LogP contribution in [0.3, 0.4) is 0 Å². The van der Waals surface area contributed by atoms with Gasteiger partial charge in [0, 0.05) is 19.0 Å². The monoisotopic (exact) mass is 268 g/mol. The molecule has 4 nitrogen and oxygen atoms in total. The predicted molar refractivity (Wildman–Crippen MR) is 77.4 cm³/mol. The van der Waals surface area contributed by atoms with Crippen LogP contribution in [0.4, 0.5) is 0 Å². The van der Waals surface area contributed by atoms with Gasteiger partial charge >= 0.3 is 0 Å². The van der Waals surface area contributed by atoms with Gasteiger partial charge in [-0.15, -0.1) is 10.2 Å². The maximum Gasteiger partial charge on any atom is 0.154 e. The fourth-order valence-corrected chi connectivity index (χ4v) is 3.24. The zero-order chi connectivity index (χ0) is 13.5. The molecule has 4 heteroatoms. The summed E-state index contributed by atoms with van der Waals surface area (Å²) in [5.74, 6) is 3.63.